The Morgan fingerprint density at radius 1 is 1.46 bits per heavy atom. The van der Waals surface area contributed by atoms with Crippen LogP contribution in [-0.2, 0) is 9.47 Å². The Bertz CT molecular complexity index is 172. The van der Waals surface area contributed by atoms with Crippen molar-refractivity contribution in [2.24, 2.45) is 5.92 Å². The summed E-state index contributed by atoms with van der Waals surface area (Å²) in [7, 11) is 3.50. The van der Waals surface area contributed by atoms with Gasteiger partial charge in [0, 0.05) is 13.0 Å². The SMILES string of the molecule is B[C@@H]1OC(CO)(CO)[C@H](C)C1OC. The van der Waals surface area contributed by atoms with Crippen molar-refractivity contribution in [3.05, 3.63) is 0 Å². The van der Waals surface area contributed by atoms with E-state index < -0.39 is 5.60 Å². The standard InChI is InChI=1S/C8H17BO4/c1-5-6(12-2)7(9)13-8(5,3-10)4-11/h5-7,10-11H,3-4,9H2,1-2H3/t5-,6?,7-/m1/s1. The molecule has 0 bridgehead atoms. The number of rotatable bonds is 3. The quantitative estimate of drug-likeness (QED) is 0.521. The third-order valence-corrected chi connectivity index (χ3v) is 3.01. The van der Waals surface area contributed by atoms with Gasteiger partial charge in [0.05, 0.1) is 25.3 Å². The summed E-state index contributed by atoms with van der Waals surface area (Å²) >= 11 is 0. The molecule has 1 heterocycles. The molecular formula is C8H17BO4. The van der Waals surface area contributed by atoms with Gasteiger partial charge in [0.1, 0.15) is 13.4 Å². The maximum atomic E-state index is 9.18. The van der Waals surface area contributed by atoms with Gasteiger partial charge in [-0.2, -0.15) is 0 Å². The van der Waals surface area contributed by atoms with Crippen molar-refractivity contribution in [1.29, 1.82) is 0 Å². The first-order valence-corrected chi connectivity index (χ1v) is 4.53. The molecule has 0 spiro atoms. The highest BCUT2D eigenvalue weighted by atomic mass is 16.6. The molecule has 0 amide bonds. The number of aliphatic hydroxyl groups is 2. The molecule has 0 aromatic rings. The summed E-state index contributed by atoms with van der Waals surface area (Å²) in [5.41, 5.74) is -0.833. The maximum absolute atomic E-state index is 9.18. The minimum atomic E-state index is -0.833. The van der Waals surface area contributed by atoms with Gasteiger partial charge in [-0.25, -0.2) is 0 Å². The van der Waals surface area contributed by atoms with E-state index in [1.54, 1.807) is 7.11 Å². The van der Waals surface area contributed by atoms with E-state index in [1.165, 1.54) is 0 Å². The van der Waals surface area contributed by atoms with Crippen LogP contribution in [0, 0.1) is 5.92 Å². The van der Waals surface area contributed by atoms with Crippen LogP contribution in [0.1, 0.15) is 6.92 Å². The lowest BCUT2D eigenvalue weighted by molar-refractivity contribution is -0.0991. The molecule has 1 unspecified atom stereocenters. The molecular weight excluding hydrogens is 171 g/mol. The third-order valence-electron chi connectivity index (χ3n) is 3.01. The van der Waals surface area contributed by atoms with Crippen LogP contribution in [0.5, 0.6) is 0 Å². The Hall–Kier alpha value is -0.0951. The van der Waals surface area contributed by atoms with Crippen molar-refractivity contribution < 1.29 is 19.7 Å². The minimum absolute atomic E-state index is 0.00231. The molecule has 0 aromatic carbocycles. The molecule has 0 radical (unpaired) electrons. The van der Waals surface area contributed by atoms with E-state index in [0.717, 1.165) is 0 Å². The molecule has 4 nitrogen and oxygen atoms in total. The van der Waals surface area contributed by atoms with Crippen molar-refractivity contribution in [2.75, 3.05) is 20.3 Å². The highest BCUT2D eigenvalue weighted by Crippen LogP contribution is 2.36. The van der Waals surface area contributed by atoms with E-state index in [9.17, 15) is 10.2 Å². The molecule has 0 aromatic heterocycles. The number of methoxy groups -OCH3 is 1. The van der Waals surface area contributed by atoms with Crippen LogP contribution >= 0.6 is 0 Å². The fourth-order valence-electron chi connectivity index (χ4n) is 2.06. The number of hydrogen-bond acceptors (Lipinski definition) is 4. The van der Waals surface area contributed by atoms with Gasteiger partial charge in [0.2, 0.25) is 0 Å². The fourth-order valence-corrected chi connectivity index (χ4v) is 2.06. The van der Waals surface area contributed by atoms with Crippen molar-refractivity contribution in [1.82, 2.24) is 0 Å². The molecule has 1 aliphatic rings. The topological polar surface area (TPSA) is 58.9 Å². The average molecular weight is 188 g/mol. The largest absolute Gasteiger partial charge is 0.393 e. The normalized spacial score (nSPS) is 38.0. The monoisotopic (exact) mass is 188 g/mol. The Morgan fingerprint density at radius 2 is 2.00 bits per heavy atom. The van der Waals surface area contributed by atoms with Crippen molar-refractivity contribution in [3.63, 3.8) is 0 Å². The lowest BCUT2D eigenvalue weighted by atomic mass is 9.83. The van der Waals surface area contributed by atoms with Gasteiger partial charge in [0.15, 0.2) is 0 Å². The first-order chi connectivity index (χ1) is 6.11. The van der Waals surface area contributed by atoms with Crippen LogP contribution in [-0.4, -0.2) is 56.1 Å². The summed E-state index contributed by atoms with van der Waals surface area (Å²) < 4.78 is 10.8. The summed E-state index contributed by atoms with van der Waals surface area (Å²) in [6.07, 6.45) is -0.0562. The molecule has 13 heavy (non-hydrogen) atoms. The lowest BCUT2D eigenvalue weighted by Crippen LogP contribution is -2.44. The average Bonchev–Trinajstić information content (AvgIpc) is 2.38. The highest BCUT2D eigenvalue weighted by molar-refractivity contribution is 6.11. The molecule has 2 N–H and O–H groups in total. The molecule has 1 aliphatic heterocycles. The second kappa shape index (κ2) is 3.96. The van der Waals surface area contributed by atoms with Gasteiger partial charge in [-0.15, -0.1) is 0 Å². The smallest absolute Gasteiger partial charge is 0.142 e. The van der Waals surface area contributed by atoms with E-state index in [1.807, 2.05) is 14.8 Å². The Labute approximate surface area is 79.3 Å². The van der Waals surface area contributed by atoms with Gasteiger partial charge in [-0.3, -0.25) is 0 Å². The minimum Gasteiger partial charge on any atom is -0.393 e. The molecule has 1 rings (SSSR count). The number of aliphatic hydroxyl groups excluding tert-OH is 2. The Kier molecular flexibility index (Phi) is 3.35. The van der Waals surface area contributed by atoms with Gasteiger partial charge >= 0.3 is 0 Å². The zero-order valence-corrected chi connectivity index (χ0v) is 8.36. The van der Waals surface area contributed by atoms with E-state index in [0.29, 0.717) is 0 Å². The highest BCUT2D eigenvalue weighted by Gasteiger charge is 2.50. The predicted octanol–water partition coefficient (Wildman–Crippen LogP) is -1.65. The third kappa shape index (κ3) is 1.61. The van der Waals surface area contributed by atoms with E-state index in [4.69, 9.17) is 9.47 Å². The summed E-state index contributed by atoms with van der Waals surface area (Å²) in [5, 5.41) is 18.4. The maximum Gasteiger partial charge on any atom is 0.142 e. The fraction of sp³-hybridized carbons (Fsp3) is 1.00. The van der Waals surface area contributed by atoms with Gasteiger partial charge in [0.25, 0.3) is 0 Å². The Balaban J connectivity index is 2.80. The van der Waals surface area contributed by atoms with E-state index >= 15 is 0 Å². The second-order valence-corrected chi connectivity index (χ2v) is 3.69. The summed E-state index contributed by atoms with van der Waals surface area (Å²) in [6.45, 7) is 1.58. The van der Waals surface area contributed by atoms with Crippen molar-refractivity contribution in [3.8, 4) is 0 Å². The second-order valence-electron chi connectivity index (χ2n) is 3.69. The predicted molar refractivity (Wildman–Crippen MR) is 50.3 cm³/mol. The number of hydrogen-bond donors (Lipinski definition) is 2. The molecule has 3 atom stereocenters. The molecule has 76 valence electrons. The van der Waals surface area contributed by atoms with E-state index in [-0.39, 0.29) is 31.2 Å². The molecule has 1 saturated heterocycles. The summed E-state index contributed by atoms with van der Waals surface area (Å²) in [6, 6.07) is -0.0840. The van der Waals surface area contributed by atoms with Crippen molar-refractivity contribution in [2.45, 2.75) is 24.6 Å². The van der Waals surface area contributed by atoms with Crippen LogP contribution in [0.3, 0.4) is 0 Å². The van der Waals surface area contributed by atoms with Gasteiger partial charge in [-0.05, 0) is 0 Å². The first kappa shape index (κ1) is 11.0. The van der Waals surface area contributed by atoms with Crippen molar-refractivity contribution >= 4 is 7.85 Å². The van der Waals surface area contributed by atoms with Gasteiger partial charge in [-0.1, -0.05) is 6.92 Å². The van der Waals surface area contributed by atoms with Crippen LogP contribution in [0.2, 0.25) is 0 Å². The molecule has 5 heteroatoms. The zero-order chi connectivity index (χ0) is 10.1. The van der Waals surface area contributed by atoms with Crippen LogP contribution < -0.4 is 0 Å². The van der Waals surface area contributed by atoms with Crippen LogP contribution in [0.25, 0.3) is 0 Å². The summed E-state index contributed by atoms with van der Waals surface area (Å²) in [5.74, 6) is 0.00231. The first-order valence-electron chi connectivity index (χ1n) is 4.53. The van der Waals surface area contributed by atoms with Crippen LogP contribution in [0.15, 0.2) is 0 Å². The molecule has 0 aliphatic carbocycles. The Morgan fingerprint density at radius 3 is 2.23 bits per heavy atom. The van der Waals surface area contributed by atoms with Gasteiger partial charge < -0.3 is 19.7 Å². The molecule has 0 saturated carbocycles. The molecule has 1 fully saturated rings. The van der Waals surface area contributed by atoms with E-state index in [2.05, 4.69) is 0 Å². The lowest BCUT2D eigenvalue weighted by Gasteiger charge is -2.29. The number of ether oxygens (including phenoxy) is 2. The summed E-state index contributed by atoms with van der Waals surface area (Å²) in [4.78, 5) is 0. The van der Waals surface area contributed by atoms with Crippen LogP contribution in [0.4, 0.5) is 0 Å². The zero-order valence-electron chi connectivity index (χ0n) is 8.36.